The van der Waals surface area contributed by atoms with Crippen molar-refractivity contribution in [3.8, 4) is 0 Å². The molecule has 16 heavy (non-hydrogen) atoms. The van der Waals surface area contributed by atoms with Gasteiger partial charge in [0.1, 0.15) is 0 Å². The molecule has 0 saturated carbocycles. The van der Waals surface area contributed by atoms with Gasteiger partial charge in [-0.05, 0) is 70.1 Å². The first-order chi connectivity index (χ1) is 7.95. The lowest BCUT2D eigenvalue weighted by Gasteiger charge is -2.24. The van der Waals surface area contributed by atoms with Gasteiger partial charge in [-0.1, -0.05) is 0 Å². The van der Waals surface area contributed by atoms with E-state index in [-0.39, 0.29) is 0 Å². The second-order valence-corrected chi connectivity index (χ2v) is 5.24. The second kappa shape index (κ2) is 7.25. The van der Waals surface area contributed by atoms with Crippen LogP contribution in [-0.2, 0) is 4.74 Å². The monoisotopic (exact) mass is 226 g/mol. The molecule has 0 atom stereocenters. The first-order valence-electron chi connectivity index (χ1n) is 6.94. The Morgan fingerprint density at radius 3 is 2.50 bits per heavy atom. The SMILES string of the molecule is C1CC(CCNCC2CCOCC2)CCN1. The van der Waals surface area contributed by atoms with Crippen molar-refractivity contribution in [3.05, 3.63) is 0 Å². The van der Waals surface area contributed by atoms with Crippen LogP contribution in [0.25, 0.3) is 0 Å². The number of rotatable bonds is 5. The lowest BCUT2D eigenvalue weighted by atomic mass is 9.94. The van der Waals surface area contributed by atoms with Crippen LogP contribution in [0.5, 0.6) is 0 Å². The van der Waals surface area contributed by atoms with E-state index < -0.39 is 0 Å². The van der Waals surface area contributed by atoms with Crippen molar-refractivity contribution in [2.45, 2.75) is 32.1 Å². The fraction of sp³-hybridized carbons (Fsp3) is 1.00. The molecule has 0 aromatic rings. The highest BCUT2D eigenvalue weighted by molar-refractivity contribution is 4.70. The van der Waals surface area contributed by atoms with E-state index >= 15 is 0 Å². The zero-order valence-corrected chi connectivity index (χ0v) is 10.3. The van der Waals surface area contributed by atoms with Gasteiger partial charge in [0.15, 0.2) is 0 Å². The van der Waals surface area contributed by atoms with Gasteiger partial charge in [0.05, 0.1) is 0 Å². The first kappa shape index (κ1) is 12.3. The number of nitrogens with one attached hydrogen (secondary N) is 2. The molecule has 2 aliphatic rings. The molecule has 0 aliphatic carbocycles. The summed E-state index contributed by atoms with van der Waals surface area (Å²) < 4.78 is 5.37. The van der Waals surface area contributed by atoms with Gasteiger partial charge in [0.25, 0.3) is 0 Å². The number of ether oxygens (including phenoxy) is 1. The molecule has 2 heterocycles. The van der Waals surface area contributed by atoms with Crippen molar-refractivity contribution >= 4 is 0 Å². The maximum absolute atomic E-state index is 5.37. The Morgan fingerprint density at radius 1 is 1.00 bits per heavy atom. The minimum Gasteiger partial charge on any atom is -0.381 e. The van der Waals surface area contributed by atoms with E-state index in [9.17, 15) is 0 Å². The third-order valence-corrected chi connectivity index (χ3v) is 3.96. The second-order valence-electron chi connectivity index (χ2n) is 5.24. The third-order valence-electron chi connectivity index (χ3n) is 3.96. The molecule has 3 nitrogen and oxygen atoms in total. The molecule has 0 bridgehead atoms. The van der Waals surface area contributed by atoms with Crippen molar-refractivity contribution in [2.75, 3.05) is 39.4 Å². The smallest absolute Gasteiger partial charge is 0.0469 e. The molecule has 0 radical (unpaired) electrons. The molecule has 2 fully saturated rings. The fourth-order valence-electron chi connectivity index (χ4n) is 2.73. The fourth-order valence-corrected chi connectivity index (χ4v) is 2.73. The molecule has 0 aromatic heterocycles. The molecule has 0 spiro atoms. The quantitative estimate of drug-likeness (QED) is 0.695. The Morgan fingerprint density at radius 2 is 1.75 bits per heavy atom. The number of piperidine rings is 1. The van der Waals surface area contributed by atoms with Crippen LogP contribution in [-0.4, -0.2) is 39.4 Å². The lowest BCUT2D eigenvalue weighted by Crippen LogP contribution is -2.32. The normalized spacial score (nSPS) is 24.8. The van der Waals surface area contributed by atoms with Gasteiger partial charge in [-0.3, -0.25) is 0 Å². The number of hydrogen-bond acceptors (Lipinski definition) is 3. The van der Waals surface area contributed by atoms with Crippen molar-refractivity contribution in [2.24, 2.45) is 11.8 Å². The topological polar surface area (TPSA) is 33.3 Å². The van der Waals surface area contributed by atoms with E-state index in [0.717, 1.165) is 25.0 Å². The minimum atomic E-state index is 0.863. The Bertz CT molecular complexity index is 155. The summed E-state index contributed by atoms with van der Waals surface area (Å²) in [6, 6.07) is 0. The van der Waals surface area contributed by atoms with Gasteiger partial charge >= 0.3 is 0 Å². The summed E-state index contributed by atoms with van der Waals surface area (Å²) in [4.78, 5) is 0. The van der Waals surface area contributed by atoms with Gasteiger partial charge in [-0.25, -0.2) is 0 Å². The van der Waals surface area contributed by atoms with Crippen LogP contribution >= 0.6 is 0 Å². The Kier molecular flexibility index (Phi) is 5.59. The first-order valence-corrected chi connectivity index (χ1v) is 6.94. The molecule has 94 valence electrons. The van der Waals surface area contributed by atoms with E-state index in [1.54, 1.807) is 0 Å². The van der Waals surface area contributed by atoms with Crippen LogP contribution < -0.4 is 10.6 Å². The van der Waals surface area contributed by atoms with Crippen LogP contribution in [0, 0.1) is 11.8 Å². The van der Waals surface area contributed by atoms with Crippen LogP contribution in [0.4, 0.5) is 0 Å². The zero-order chi connectivity index (χ0) is 11.1. The summed E-state index contributed by atoms with van der Waals surface area (Å²) in [5, 5.41) is 7.05. The molecule has 3 heteroatoms. The van der Waals surface area contributed by atoms with Gasteiger partial charge in [-0.2, -0.15) is 0 Å². The van der Waals surface area contributed by atoms with Crippen LogP contribution in [0.2, 0.25) is 0 Å². The van der Waals surface area contributed by atoms with Crippen molar-refractivity contribution in [1.82, 2.24) is 10.6 Å². The molecule has 0 amide bonds. The van der Waals surface area contributed by atoms with Crippen LogP contribution in [0.15, 0.2) is 0 Å². The van der Waals surface area contributed by atoms with E-state index in [0.29, 0.717) is 0 Å². The van der Waals surface area contributed by atoms with Crippen LogP contribution in [0.1, 0.15) is 32.1 Å². The summed E-state index contributed by atoms with van der Waals surface area (Å²) in [6.07, 6.45) is 6.61. The Labute approximate surface area is 99.3 Å². The number of hydrogen-bond donors (Lipinski definition) is 2. The maximum Gasteiger partial charge on any atom is 0.0469 e. The third kappa shape index (κ3) is 4.40. The van der Waals surface area contributed by atoms with Gasteiger partial charge in [0.2, 0.25) is 0 Å². The highest BCUT2D eigenvalue weighted by Crippen LogP contribution is 2.16. The zero-order valence-electron chi connectivity index (χ0n) is 10.3. The van der Waals surface area contributed by atoms with Crippen LogP contribution in [0.3, 0.4) is 0 Å². The largest absolute Gasteiger partial charge is 0.381 e. The van der Waals surface area contributed by atoms with Crippen molar-refractivity contribution < 1.29 is 4.74 Å². The molecule has 0 unspecified atom stereocenters. The van der Waals surface area contributed by atoms with E-state index in [2.05, 4.69) is 10.6 Å². The molecule has 2 saturated heterocycles. The lowest BCUT2D eigenvalue weighted by molar-refractivity contribution is 0.0662. The summed E-state index contributed by atoms with van der Waals surface area (Å²) >= 11 is 0. The Hall–Kier alpha value is -0.120. The van der Waals surface area contributed by atoms with Gasteiger partial charge < -0.3 is 15.4 Å². The van der Waals surface area contributed by atoms with Crippen molar-refractivity contribution in [1.29, 1.82) is 0 Å². The predicted molar refractivity (Wildman–Crippen MR) is 66.6 cm³/mol. The molecule has 2 rings (SSSR count). The summed E-state index contributed by atoms with van der Waals surface area (Å²) in [7, 11) is 0. The van der Waals surface area contributed by atoms with Gasteiger partial charge in [-0.15, -0.1) is 0 Å². The van der Waals surface area contributed by atoms with E-state index in [1.165, 1.54) is 58.3 Å². The van der Waals surface area contributed by atoms with E-state index in [4.69, 9.17) is 4.74 Å². The standard InChI is InChI=1S/C13H26N2O/c1-6-14-7-2-12(1)3-8-15-11-13-4-9-16-10-5-13/h12-15H,1-11H2. The van der Waals surface area contributed by atoms with Crippen molar-refractivity contribution in [3.63, 3.8) is 0 Å². The predicted octanol–water partition coefficient (Wildman–Crippen LogP) is 1.39. The van der Waals surface area contributed by atoms with E-state index in [1.807, 2.05) is 0 Å². The highest BCUT2D eigenvalue weighted by atomic mass is 16.5. The van der Waals surface area contributed by atoms with Gasteiger partial charge in [0, 0.05) is 13.2 Å². The maximum atomic E-state index is 5.37. The average molecular weight is 226 g/mol. The molecular weight excluding hydrogens is 200 g/mol. The summed E-state index contributed by atoms with van der Waals surface area (Å²) in [5.41, 5.74) is 0. The highest BCUT2D eigenvalue weighted by Gasteiger charge is 2.14. The molecular formula is C13H26N2O. The minimum absolute atomic E-state index is 0.863. The average Bonchev–Trinajstić information content (AvgIpc) is 2.37. The summed E-state index contributed by atoms with van der Waals surface area (Å²) in [6.45, 7) is 6.81. The Balaban J connectivity index is 1.47. The summed E-state index contributed by atoms with van der Waals surface area (Å²) in [5.74, 6) is 1.82. The molecule has 0 aromatic carbocycles. The molecule has 2 aliphatic heterocycles. The molecule has 2 N–H and O–H groups in total.